The van der Waals surface area contributed by atoms with Crippen LogP contribution in [0.3, 0.4) is 0 Å². The zero-order valence-electron chi connectivity index (χ0n) is 11.6. The van der Waals surface area contributed by atoms with Crippen molar-refractivity contribution in [2.24, 2.45) is 0 Å². The van der Waals surface area contributed by atoms with E-state index in [2.05, 4.69) is 31.2 Å². The van der Waals surface area contributed by atoms with Crippen LogP contribution in [0.4, 0.5) is 0 Å². The van der Waals surface area contributed by atoms with Gasteiger partial charge in [0.2, 0.25) is 0 Å². The highest BCUT2D eigenvalue weighted by atomic mass is 16.5. The smallest absolute Gasteiger partial charge is 0.119 e. The molecule has 0 N–H and O–H groups in total. The Bertz CT molecular complexity index is 486. The van der Waals surface area contributed by atoms with Gasteiger partial charge < -0.3 is 9.47 Å². The number of hydrogen-bond donors (Lipinski definition) is 0. The van der Waals surface area contributed by atoms with E-state index in [0.29, 0.717) is 0 Å². The van der Waals surface area contributed by atoms with E-state index in [1.165, 1.54) is 11.1 Å². The van der Waals surface area contributed by atoms with Crippen molar-refractivity contribution in [1.29, 1.82) is 0 Å². The fraction of sp³-hybridized carbons (Fsp3) is 0.294. The van der Waals surface area contributed by atoms with Crippen LogP contribution in [-0.4, -0.2) is 13.7 Å². The molecule has 2 aromatic rings. The van der Waals surface area contributed by atoms with Gasteiger partial charge in [0.1, 0.15) is 11.5 Å². The predicted molar refractivity (Wildman–Crippen MR) is 78.0 cm³/mol. The van der Waals surface area contributed by atoms with E-state index in [1.54, 1.807) is 7.11 Å². The SMILES string of the molecule is CCCOc1ccc(Cc2ccc(OC)cc2)cc1. The third-order valence-electron chi connectivity index (χ3n) is 2.96. The molecule has 2 nitrogen and oxygen atoms in total. The summed E-state index contributed by atoms with van der Waals surface area (Å²) in [6.07, 6.45) is 1.96. The minimum Gasteiger partial charge on any atom is -0.497 e. The molecule has 0 fully saturated rings. The Hall–Kier alpha value is -1.96. The first kappa shape index (κ1) is 13.5. The molecule has 0 radical (unpaired) electrons. The van der Waals surface area contributed by atoms with E-state index < -0.39 is 0 Å². The number of ether oxygens (including phenoxy) is 2. The Kier molecular flexibility index (Phi) is 4.85. The van der Waals surface area contributed by atoms with E-state index in [-0.39, 0.29) is 0 Å². The van der Waals surface area contributed by atoms with Crippen molar-refractivity contribution < 1.29 is 9.47 Å². The zero-order valence-corrected chi connectivity index (χ0v) is 11.6. The molecule has 2 aromatic carbocycles. The molecule has 0 saturated heterocycles. The second kappa shape index (κ2) is 6.83. The molecule has 0 unspecified atom stereocenters. The molecule has 0 aromatic heterocycles. The van der Waals surface area contributed by atoms with Gasteiger partial charge in [-0.05, 0) is 48.2 Å². The predicted octanol–water partition coefficient (Wildman–Crippen LogP) is 4.07. The molecule has 0 atom stereocenters. The van der Waals surface area contributed by atoms with E-state index in [9.17, 15) is 0 Å². The molecule has 2 heteroatoms. The molecular formula is C17H20O2. The van der Waals surface area contributed by atoms with Crippen molar-refractivity contribution in [2.75, 3.05) is 13.7 Å². The summed E-state index contributed by atoms with van der Waals surface area (Å²) in [5, 5.41) is 0. The normalized spacial score (nSPS) is 10.2. The summed E-state index contributed by atoms with van der Waals surface area (Å²) in [6.45, 7) is 2.88. The van der Waals surface area contributed by atoms with E-state index in [0.717, 1.165) is 30.9 Å². The molecule has 100 valence electrons. The van der Waals surface area contributed by atoms with Crippen LogP contribution < -0.4 is 9.47 Å². The lowest BCUT2D eigenvalue weighted by atomic mass is 10.0. The van der Waals surface area contributed by atoms with Gasteiger partial charge in [-0.2, -0.15) is 0 Å². The molecular weight excluding hydrogens is 236 g/mol. The van der Waals surface area contributed by atoms with Crippen molar-refractivity contribution in [3.05, 3.63) is 59.7 Å². The first-order valence-corrected chi connectivity index (χ1v) is 6.66. The first-order valence-electron chi connectivity index (χ1n) is 6.66. The van der Waals surface area contributed by atoms with Crippen LogP contribution in [0.5, 0.6) is 11.5 Å². The van der Waals surface area contributed by atoms with Gasteiger partial charge in [-0.15, -0.1) is 0 Å². The minimum absolute atomic E-state index is 0.776. The van der Waals surface area contributed by atoms with Crippen LogP contribution in [0.25, 0.3) is 0 Å². The van der Waals surface area contributed by atoms with Gasteiger partial charge in [0.05, 0.1) is 13.7 Å². The molecule has 0 aliphatic heterocycles. The average molecular weight is 256 g/mol. The summed E-state index contributed by atoms with van der Waals surface area (Å²) in [4.78, 5) is 0. The standard InChI is InChI=1S/C17H20O2/c1-3-12-19-17-10-6-15(7-11-17)13-14-4-8-16(18-2)9-5-14/h4-11H,3,12-13H2,1-2H3. The summed E-state index contributed by atoms with van der Waals surface area (Å²) >= 11 is 0. The molecule has 0 aliphatic carbocycles. The van der Waals surface area contributed by atoms with Crippen LogP contribution in [0, 0.1) is 0 Å². The minimum atomic E-state index is 0.776. The van der Waals surface area contributed by atoms with Crippen LogP contribution in [0.2, 0.25) is 0 Å². The molecule has 0 bridgehead atoms. The summed E-state index contributed by atoms with van der Waals surface area (Å²) in [5.74, 6) is 1.84. The lowest BCUT2D eigenvalue weighted by molar-refractivity contribution is 0.317. The molecule has 0 aliphatic rings. The van der Waals surface area contributed by atoms with E-state index in [1.807, 2.05) is 24.3 Å². The van der Waals surface area contributed by atoms with Gasteiger partial charge in [-0.3, -0.25) is 0 Å². The third kappa shape index (κ3) is 4.02. The Labute approximate surface area is 115 Å². The highest BCUT2D eigenvalue weighted by molar-refractivity contribution is 5.33. The van der Waals surface area contributed by atoms with Crippen molar-refractivity contribution in [2.45, 2.75) is 19.8 Å². The third-order valence-corrected chi connectivity index (χ3v) is 2.96. The molecule has 0 saturated carbocycles. The topological polar surface area (TPSA) is 18.5 Å². The molecule has 2 rings (SSSR count). The van der Waals surface area contributed by atoms with Crippen LogP contribution >= 0.6 is 0 Å². The van der Waals surface area contributed by atoms with Crippen LogP contribution in [0.15, 0.2) is 48.5 Å². The van der Waals surface area contributed by atoms with Crippen LogP contribution in [-0.2, 0) is 6.42 Å². The quantitative estimate of drug-likeness (QED) is 0.775. The van der Waals surface area contributed by atoms with Gasteiger partial charge >= 0.3 is 0 Å². The maximum atomic E-state index is 5.57. The largest absolute Gasteiger partial charge is 0.497 e. The van der Waals surface area contributed by atoms with Gasteiger partial charge in [-0.25, -0.2) is 0 Å². The number of hydrogen-bond acceptors (Lipinski definition) is 2. The highest BCUT2D eigenvalue weighted by Gasteiger charge is 1.98. The Balaban J connectivity index is 1.98. The Morgan fingerprint density at radius 1 is 0.789 bits per heavy atom. The molecule has 19 heavy (non-hydrogen) atoms. The Morgan fingerprint density at radius 3 is 1.79 bits per heavy atom. The fourth-order valence-electron chi connectivity index (χ4n) is 1.90. The van der Waals surface area contributed by atoms with Crippen molar-refractivity contribution >= 4 is 0 Å². The maximum Gasteiger partial charge on any atom is 0.119 e. The van der Waals surface area contributed by atoms with Gasteiger partial charge in [0.15, 0.2) is 0 Å². The lowest BCUT2D eigenvalue weighted by Gasteiger charge is -2.07. The summed E-state index contributed by atoms with van der Waals surface area (Å²) < 4.78 is 10.7. The number of rotatable bonds is 6. The summed E-state index contributed by atoms with van der Waals surface area (Å²) in [6, 6.07) is 16.5. The second-order valence-electron chi connectivity index (χ2n) is 4.52. The molecule has 0 heterocycles. The number of methoxy groups -OCH3 is 1. The van der Waals surface area contributed by atoms with Gasteiger partial charge in [-0.1, -0.05) is 31.2 Å². The summed E-state index contributed by atoms with van der Waals surface area (Å²) in [5.41, 5.74) is 2.57. The molecule has 0 spiro atoms. The van der Waals surface area contributed by atoms with Gasteiger partial charge in [0, 0.05) is 0 Å². The van der Waals surface area contributed by atoms with Crippen molar-refractivity contribution in [1.82, 2.24) is 0 Å². The average Bonchev–Trinajstić information content (AvgIpc) is 2.47. The molecule has 0 amide bonds. The fourth-order valence-corrected chi connectivity index (χ4v) is 1.90. The zero-order chi connectivity index (χ0) is 13.5. The second-order valence-corrected chi connectivity index (χ2v) is 4.52. The van der Waals surface area contributed by atoms with E-state index in [4.69, 9.17) is 9.47 Å². The number of benzene rings is 2. The highest BCUT2D eigenvalue weighted by Crippen LogP contribution is 2.17. The Morgan fingerprint density at radius 2 is 1.32 bits per heavy atom. The lowest BCUT2D eigenvalue weighted by Crippen LogP contribution is -1.95. The van der Waals surface area contributed by atoms with Gasteiger partial charge in [0.25, 0.3) is 0 Å². The van der Waals surface area contributed by atoms with E-state index >= 15 is 0 Å². The van der Waals surface area contributed by atoms with Crippen molar-refractivity contribution in [3.8, 4) is 11.5 Å². The monoisotopic (exact) mass is 256 g/mol. The van der Waals surface area contributed by atoms with Crippen LogP contribution in [0.1, 0.15) is 24.5 Å². The first-order chi connectivity index (χ1) is 9.31. The maximum absolute atomic E-state index is 5.57. The van der Waals surface area contributed by atoms with Crippen molar-refractivity contribution in [3.63, 3.8) is 0 Å². The summed E-state index contributed by atoms with van der Waals surface area (Å²) in [7, 11) is 1.68.